The van der Waals surface area contributed by atoms with E-state index in [1.807, 2.05) is 60.0 Å². The van der Waals surface area contributed by atoms with Crippen molar-refractivity contribution in [1.82, 2.24) is 15.5 Å². The van der Waals surface area contributed by atoms with Crippen LogP contribution in [-0.2, 0) is 32.0 Å². The van der Waals surface area contributed by atoms with Crippen LogP contribution in [0.2, 0.25) is 0 Å². The molecule has 0 unspecified atom stereocenters. The van der Waals surface area contributed by atoms with Crippen molar-refractivity contribution in [3.63, 3.8) is 0 Å². The molecular weight excluding hydrogens is 500 g/mol. The normalized spacial score (nSPS) is 13.9. The first-order valence-electron chi connectivity index (χ1n) is 12.6. The molecule has 2 atom stereocenters. The van der Waals surface area contributed by atoms with Crippen LogP contribution in [0.15, 0.2) is 60.0 Å². The van der Waals surface area contributed by atoms with E-state index in [2.05, 4.69) is 10.6 Å². The van der Waals surface area contributed by atoms with Gasteiger partial charge in [0.2, 0.25) is 17.7 Å². The number of likely N-dealkylation sites (N-methyl/N-ethyl adjacent to an activating group) is 2. The highest BCUT2D eigenvalue weighted by atomic mass is 32.1. The molecule has 0 radical (unpaired) electrons. The Balaban J connectivity index is 2.16. The highest BCUT2D eigenvalue weighted by Gasteiger charge is 2.53. The second kappa shape index (κ2) is 12.5. The summed E-state index contributed by atoms with van der Waals surface area (Å²) in [6.45, 7) is 3.50. The number of fused-ring (bicyclic) bond motifs is 1. The van der Waals surface area contributed by atoms with Crippen LogP contribution in [-0.4, -0.2) is 68.1 Å². The van der Waals surface area contributed by atoms with E-state index in [1.54, 1.807) is 39.3 Å². The van der Waals surface area contributed by atoms with Crippen LogP contribution >= 0.6 is 11.3 Å². The number of benzene rings is 2. The molecule has 0 aliphatic rings. The molecule has 3 amide bonds. The summed E-state index contributed by atoms with van der Waals surface area (Å²) in [6.07, 6.45) is 0.399. The van der Waals surface area contributed by atoms with Crippen molar-refractivity contribution in [2.45, 2.75) is 37.8 Å². The van der Waals surface area contributed by atoms with Gasteiger partial charge >= 0.3 is 0 Å². The molecular formula is C29H38N4O4S. The fraction of sp³-hybridized carbons (Fsp3) is 0.414. The molecule has 2 aromatic carbocycles. The third-order valence-corrected chi connectivity index (χ3v) is 7.75. The topological polar surface area (TPSA) is 114 Å². The number of nitrogens with zero attached hydrogens (tertiary/aromatic N) is 1. The van der Waals surface area contributed by atoms with E-state index in [-0.39, 0.29) is 32.0 Å². The number of amides is 3. The Morgan fingerprint density at radius 2 is 1.68 bits per heavy atom. The maximum atomic E-state index is 14.0. The Morgan fingerprint density at radius 1 is 1.03 bits per heavy atom. The minimum atomic E-state index is -1.55. The summed E-state index contributed by atoms with van der Waals surface area (Å²) in [4.78, 5) is 42.6. The maximum absolute atomic E-state index is 14.0. The molecule has 8 nitrogen and oxygen atoms in total. The molecule has 1 heterocycles. The first-order valence-corrected chi connectivity index (χ1v) is 13.5. The second-order valence-electron chi connectivity index (χ2n) is 10.2. The number of nitrogens with one attached hydrogen (secondary N) is 2. The second-order valence-corrected chi connectivity index (χ2v) is 11.1. The average molecular weight is 539 g/mol. The van der Waals surface area contributed by atoms with E-state index in [0.717, 1.165) is 21.2 Å². The van der Waals surface area contributed by atoms with Crippen molar-refractivity contribution >= 4 is 39.1 Å². The van der Waals surface area contributed by atoms with E-state index in [4.69, 9.17) is 10.5 Å². The average Bonchev–Trinajstić information content (AvgIpc) is 3.31. The Labute approximate surface area is 228 Å². The molecule has 4 N–H and O–H groups in total. The van der Waals surface area contributed by atoms with Crippen molar-refractivity contribution in [3.05, 3.63) is 71.1 Å². The van der Waals surface area contributed by atoms with Gasteiger partial charge in [-0.3, -0.25) is 14.4 Å². The summed E-state index contributed by atoms with van der Waals surface area (Å²) >= 11 is 1.57. The number of carbonyl (C=O) groups excluding carboxylic acids is 3. The molecule has 3 aromatic rings. The van der Waals surface area contributed by atoms with Gasteiger partial charge in [0.25, 0.3) is 0 Å². The first-order chi connectivity index (χ1) is 18.0. The zero-order valence-electron chi connectivity index (χ0n) is 22.7. The predicted molar refractivity (Wildman–Crippen MR) is 152 cm³/mol. The Kier molecular flexibility index (Phi) is 9.65. The van der Waals surface area contributed by atoms with Crippen LogP contribution in [0.25, 0.3) is 10.1 Å². The number of rotatable bonds is 12. The van der Waals surface area contributed by atoms with E-state index in [0.29, 0.717) is 0 Å². The van der Waals surface area contributed by atoms with E-state index >= 15 is 0 Å². The fourth-order valence-electron chi connectivity index (χ4n) is 4.77. The molecule has 0 aliphatic carbocycles. The Bertz CT molecular complexity index is 1250. The fourth-order valence-corrected chi connectivity index (χ4v) is 5.73. The molecule has 3 rings (SSSR count). The number of nitrogens with two attached hydrogens (primary N) is 1. The van der Waals surface area contributed by atoms with Crippen molar-refractivity contribution in [2.24, 2.45) is 11.7 Å². The third-order valence-electron chi connectivity index (χ3n) is 6.74. The van der Waals surface area contributed by atoms with Crippen LogP contribution in [0.3, 0.4) is 0 Å². The molecule has 0 aliphatic heterocycles. The summed E-state index contributed by atoms with van der Waals surface area (Å²) in [5.41, 5.74) is 5.62. The number of thiophene rings is 1. The lowest BCUT2D eigenvalue weighted by Crippen LogP contribution is -2.67. The lowest BCUT2D eigenvalue weighted by molar-refractivity contribution is -0.156. The molecule has 204 valence electrons. The van der Waals surface area contributed by atoms with Crippen molar-refractivity contribution in [1.29, 1.82) is 0 Å². The third kappa shape index (κ3) is 6.59. The highest BCUT2D eigenvalue weighted by molar-refractivity contribution is 7.17. The summed E-state index contributed by atoms with van der Waals surface area (Å²) in [7, 11) is 4.64. The lowest BCUT2D eigenvalue weighted by Gasteiger charge is -2.45. The molecule has 0 saturated heterocycles. The van der Waals surface area contributed by atoms with Crippen molar-refractivity contribution in [2.75, 3.05) is 34.4 Å². The molecule has 38 heavy (non-hydrogen) atoms. The van der Waals surface area contributed by atoms with Crippen LogP contribution in [0, 0.1) is 5.92 Å². The largest absolute Gasteiger partial charge is 0.370 e. The summed E-state index contributed by atoms with van der Waals surface area (Å²) in [5, 5.41) is 8.49. The Morgan fingerprint density at radius 3 is 2.32 bits per heavy atom. The summed E-state index contributed by atoms with van der Waals surface area (Å²) < 4.78 is 6.70. The Hall–Kier alpha value is -3.27. The standard InChI is InChI=1S/C29H38N4O4S/c1-28(2,30)19-37-17-25(34)33(5)29(27(36)32-4,16-21-18-38-24-14-10-9-13-22(21)24)23(26(35)31-3)15-20-11-7-6-8-12-20/h6-14,18,23H,15-17,19,30H2,1-5H3,(H,31,35)(H,32,36)/t23-,29+/m0/s1. The quantitative estimate of drug-likeness (QED) is 0.328. The first kappa shape index (κ1) is 29.3. The van der Waals surface area contributed by atoms with Crippen molar-refractivity contribution in [3.8, 4) is 0 Å². The van der Waals surface area contributed by atoms with Gasteiger partial charge in [0.1, 0.15) is 12.1 Å². The van der Waals surface area contributed by atoms with Crippen molar-refractivity contribution < 1.29 is 19.1 Å². The molecule has 1 aromatic heterocycles. The monoisotopic (exact) mass is 538 g/mol. The van der Waals surface area contributed by atoms with Gasteiger partial charge in [0.05, 0.1) is 12.5 Å². The van der Waals surface area contributed by atoms with E-state index in [9.17, 15) is 14.4 Å². The number of ether oxygens (including phenoxy) is 1. The zero-order valence-corrected chi connectivity index (χ0v) is 23.6. The molecule has 0 bridgehead atoms. The van der Waals surface area contributed by atoms with E-state index < -0.39 is 28.8 Å². The molecule has 0 saturated carbocycles. The van der Waals surface area contributed by atoms with Crippen LogP contribution < -0.4 is 16.4 Å². The summed E-state index contributed by atoms with van der Waals surface area (Å²) in [6, 6.07) is 17.4. The van der Waals surface area contributed by atoms with Crippen LogP contribution in [0.1, 0.15) is 25.0 Å². The van der Waals surface area contributed by atoms with Gasteiger partial charge in [0, 0.05) is 37.8 Å². The highest BCUT2D eigenvalue weighted by Crippen LogP contribution is 2.36. The minimum absolute atomic E-state index is 0.145. The van der Waals surface area contributed by atoms with Gasteiger partial charge in [0.15, 0.2) is 0 Å². The van der Waals surface area contributed by atoms with Gasteiger partial charge in [-0.2, -0.15) is 0 Å². The zero-order chi connectivity index (χ0) is 27.9. The molecule has 9 heteroatoms. The van der Waals surface area contributed by atoms with Crippen LogP contribution in [0.4, 0.5) is 0 Å². The van der Waals surface area contributed by atoms with Crippen LogP contribution in [0.5, 0.6) is 0 Å². The van der Waals surface area contributed by atoms with Gasteiger partial charge in [-0.1, -0.05) is 48.5 Å². The van der Waals surface area contributed by atoms with Gasteiger partial charge in [-0.05, 0) is 48.2 Å². The number of hydrogen-bond donors (Lipinski definition) is 3. The SMILES string of the molecule is CNC(=O)[C@H](Cc1ccccc1)[C@](Cc1csc2ccccc12)(C(=O)NC)N(C)C(=O)COCC(C)(C)N. The predicted octanol–water partition coefficient (Wildman–Crippen LogP) is 2.75. The molecule has 0 fully saturated rings. The maximum Gasteiger partial charge on any atom is 0.249 e. The van der Waals surface area contributed by atoms with Gasteiger partial charge in [-0.15, -0.1) is 11.3 Å². The molecule has 0 spiro atoms. The van der Waals surface area contributed by atoms with E-state index in [1.165, 1.54) is 11.9 Å². The summed E-state index contributed by atoms with van der Waals surface area (Å²) in [5.74, 6) is -2.07. The number of carbonyl (C=O) groups is 3. The smallest absolute Gasteiger partial charge is 0.249 e. The lowest BCUT2D eigenvalue weighted by atomic mass is 9.73. The minimum Gasteiger partial charge on any atom is -0.370 e. The van der Waals surface area contributed by atoms with Gasteiger partial charge < -0.3 is 26.0 Å². The van der Waals surface area contributed by atoms with Gasteiger partial charge in [-0.25, -0.2) is 0 Å². The number of hydrogen-bond acceptors (Lipinski definition) is 6.